The third-order valence-corrected chi connectivity index (χ3v) is 3.12. The third kappa shape index (κ3) is 5.69. The molecule has 0 aromatic carbocycles. The van der Waals surface area contributed by atoms with E-state index in [2.05, 4.69) is 15.6 Å². The van der Waals surface area contributed by atoms with Crippen LogP contribution in [0.2, 0.25) is 0 Å². The molecule has 0 saturated heterocycles. The van der Waals surface area contributed by atoms with E-state index in [1.165, 1.54) is 0 Å². The highest BCUT2D eigenvalue weighted by Gasteiger charge is 2.34. The van der Waals surface area contributed by atoms with Crippen LogP contribution in [-0.2, 0) is 4.74 Å². The minimum atomic E-state index is -0.548. The summed E-state index contributed by atoms with van der Waals surface area (Å²) in [5.74, 6) is 0.786. The molecule has 0 aromatic heterocycles. The molecule has 1 rings (SSSR count). The van der Waals surface area contributed by atoms with Crippen molar-refractivity contribution in [1.29, 1.82) is 0 Å². The maximum Gasteiger partial charge on any atom is 0.191 e. The van der Waals surface area contributed by atoms with Crippen molar-refractivity contribution in [2.75, 3.05) is 32.8 Å². The van der Waals surface area contributed by atoms with Crippen LogP contribution in [0.3, 0.4) is 0 Å². The highest BCUT2D eigenvalue weighted by atomic mass is 16.5. The summed E-state index contributed by atoms with van der Waals surface area (Å²) in [5, 5.41) is 16.4. The fraction of sp³-hybridized carbons (Fsp3) is 0.923. The number of hydrogen-bond acceptors (Lipinski definition) is 3. The fourth-order valence-corrected chi connectivity index (χ4v) is 1.84. The van der Waals surface area contributed by atoms with Crippen LogP contribution in [-0.4, -0.2) is 49.5 Å². The second-order valence-corrected chi connectivity index (χ2v) is 4.75. The summed E-state index contributed by atoms with van der Waals surface area (Å²) >= 11 is 0. The molecule has 0 unspecified atom stereocenters. The predicted molar refractivity (Wildman–Crippen MR) is 73.9 cm³/mol. The van der Waals surface area contributed by atoms with Crippen LogP contribution in [0.15, 0.2) is 4.99 Å². The molecular weight excluding hydrogens is 230 g/mol. The molecule has 106 valence electrons. The Labute approximate surface area is 110 Å². The highest BCUT2D eigenvalue weighted by molar-refractivity contribution is 5.79. The maximum absolute atomic E-state index is 9.99. The van der Waals surface area contributed by atoms with E-state index in [0.29, 0.717) is 6.54 Å². The zero-order valence-corrected chi connectivity index (χ0v) is 11.7. The smallest absolute Gasteiger partial charge is 0.191 e. The molecule has 1 aliphatic carbocycles. The Morgan fingerprint density at radius 2 is 2.11 bits per heavy atom. The number of ether oxygens (including phenoxy) is 1. The Bertz CT molecular complexity index is 253. The van der Waals surface area contributed by atoms with Gasteiger partial charge in [-0.15, -0.1) is 0 Å². The summed E-state index contributed by atoms with van der Waals surface area (Å²) in [4.78, 5) is 4.43. The van der Waals surface area contributed by atoms with Gasteiger partial charge in [0.05, 0.1) is 12.1 Å². The number of aliphatic imine (C=N–C) groups is 1. The minimum absolute atomic E-state index is 0.494. The lowest BCUT2D eigenvalue weighted by Crippen LogP contribution is -2.43. The summed E-state index contributed by atoms with van der Waals surface area (Å²) in [7, 11) is 0. The summed E-state index contributed by atoms with van der Waals surface area (Å²) < 4.78 is 5.28. The average Bonchev–Trinajstić information content (AvgIpc) is 2.33. The van der Waals surface area contributed by atoms with Crippen molar-refractivity contribution in [2.24, 2.45) is 4.99 Å². The fourth-order valence-electron chi connectivity index (χ4n) is 1.84. The van der Waals surface area contributed by atoms with Gasteiger partial charge < -0.3 is 20.5 Å². The third-order valence-electron chi connectivity index (χ3n) is 3.12. The number of nitrogens with zero attached hydrogens (tertiary/aromatic N) is 1. The van der Waals surface area contributed by atoms with Gasteiger partial charge in [-0.2, -0.15) is 0 Å². The first kappa shape index (κ1) is 15.2. The zero-order chi connectivity index (χ0) is 13.3. The van der Waals surface area contributed by atoms with E-state index in [0.717, 1.165) is 57.9 Å². The van der Waals surface area contributed by atoms with Gasteiger partial charge in [0.2, 0.25) is 0 Å². The minimum Gasteiger partial charge on any atom is -0.388 e. The number of guanidine groups is 1. The lowest BCUT2D eigenvalue weighted by Gasteiger charge is -2.35. The van der Waals surface area contributed by atoms with Crippen LogP contribution < -0.4 is 10.6 Å². The van der Waals surface area contributed by atoms with Gasteiger partial charge in [0.15, 0.2) is 5.96 Å². The standard InChI is InChI=1S/C13H27N3O2/c1-3-14-12(15-9-6-10-18-4-2)16-11-13(17)7-5-8-13/h17H,3-11H2,1-2H3,(H2,14,15,16). The van der Waals surface area contributed by atoms with Crippen molar-refractivity contribution in [3.05, 3.63) is 0 Å². The van der Waals surface area contributed by atoms with Crippen LogP contribution in [0.5, 0.6) is 0 Å². The Morgan fingerprint density at radius 1 is 1.33 bits per heavy atom. The molecule has 0 aliphatic heterocycles. The number of hydrogen-bond donors (Lipinski definition) is 3. The largest absolute Gasteiger partial charge is 0.388 e. The normalized spacial score (nSPS) is 18.3. The zero-order valence-electron chi connectivity index (χ0n) is 11.7. The van der Waals surface area contributed by atoms with Crippen molar-refractivity contribution in [1.82, 2.24) is 10.6 Å². The molecule has 1 aliphatic rings. The van der Waals surface area contributed by atoms with E-state index in [-0.39, 0.29) is 0 Å². The Kier molecular flexibility index (Phi) is 7.05. The maximum atomic E-state index is 9.99. The Balaban J connectivity index is 2.22. The van der Waals surface area contributed by atoms with Gasteiger partial charge in [0.25, 0.3) is 0 Å². The highest BCUT2D eigenvalue weighted by Crippen LogP contribution is 2.31. The number of aliphatic hydroxyl groups is 1. The number of nitrogens with one attached hydrogen (secondary N) is 2. The van der Waals surface area contributed by atoms with Crippen molar-refractivity contribution >= 4 is 5.96 Å². The molecule has 0 amide bonds. The second-order valence-electron chi connectivity index (χ2n) is 4.75. The lowest BCUT2D eigenvalue weighted by molar-refractivity contribution is -0.0236. The Hall–Kier alpha value is -0.810. The van der Waals surface area contributed by atoms with Crippen molar-refractivity contribution in [2.45, 2.75) is 45.1 Å². The molecule has 0 radical (unpaired) electrons. The molecule has 5 heteroatoms. The van der Waals surface area contributed by atoms with Crippen LogP contribution >= 0.6 is 0 Å². The second kappa shape index (κ2) is 8.32. The monoisotopic (exact) mass is 257 g/mol. The van der Waals surface area contributed by atoms with E-state index < -0.39 is 5.60 Å². The molecule has 0 heterocycles. The van der Waals surface area contributed by atoms with Crippen molar-refractivity contribution < 1.29 is 9.84 Å². The SMILES string of the molecule is CCNC(=NCC1(O)CCC1)NCCCOCC. The van der Waals surface area contributed by atoms with Gasteiger partial charge in [-0.25, -0.2) is 0 Å². The van der Waals surface area contributed by atoms with Gasteiger partial charge in [-0.05, 0) is 39.5 Å². The quantitative estimate of drug-likeness (QED) is 0.343. The molecule has 0 atom stereocenters. The summed E-state index contributed by atoms with van der Waals surface area (Å²) in [5.41, 5.74) is -0.548. The molecular formula is C13H27N3O2. The van der Waals surface area contributed by atoms with Crippen LogP contribution in [0, 0.1) is 0 Å². The van der Waals surface area contributed by atoms with Crippen LogP contribution in [0.25, 0.3) is 0 Å². The first-order chi connectivity index (χ1) is 8.70. The van der Waals surface area contributed by atoms with E-state index in [4.69, 9.17) is 4.74 Å². The summed E-state index contributed by atoms with van der Waals surface area (Å²) in [6, 6.07) is 0. The topological polar surface area (TPSA) is 65.9 Å². The first-order valence-corrected chi connectivity index (χ1v) is 7.02. The van der Waals surface area contributed by atoms with Crippen LogP contribution in [0.1, 0.15) is 39.5 Å². The molecule has 0 bridgehead atoms. The molecule has 0 aromatic rings. The predicted octanol–water partition coefficient (Wildman–Crippen LogP) is 0.883. The van der Waals surface area contributed by atoms with Gasteiger partial charge in [0, 0.05) is 26.3 Å². The van der Waals surface area contributed by atoms with E-state index in [1.54, 1.807) is 0 Å². The van der Waals surface area contributed by atoms with Gasteiger partial charge in [0.1, 0.15) is 0 Å². The molecule has 0 spiro atoms. The van der Waals surface area contributed by atoms with Gasteiger partial charge in [-0.1, -0.05) is 0 Å². The van der Waals surface area contributed by atoms with Crippen LogP contribution in [0.4, 0.5) is 0 Å². The summed E-state index contributed by atoms with van der Waals surface area (Å²) in [6.07, 6.45) is 3.83. The molecule has 5 nitrogen and oxygen atoms in total. The lowest BCUT2D eigenvalue weighted by atomic mass is 9.80. The molecule has 3 N–H and O–H groups in total. The van der Waals surface area contributed by atoms with Gasteiger partial charge in [-0.3, -0.25) is 4.99 Å². The van der Waals surface area contributed by atoms with Gasteiger partial charge >= 0.3 is 0 Å². The first-order valence-electron chi connectivity index (χ1n) is 7.02. The van der Waals surface area contributed by atoms with E-state index >= 15 is 0 Å². The molecule has 1 saturated carbocycles. The summed E-state index contributed by atoms with van der Waals surface area (Å²) in [6.45, 7) is 7.73. The number of rotatable bonds is 8. The van der Waals surface area contributed by atoms with E-state index in [9.17, 15) is 5.11 Å². The Morgan fingerprint density at radius 3 is 2.67 bits per heavy atom. The average molecular weight is 257 g/mol. The van der Waals surface area contributed by atoms with E-state index in [1.807, 2.05) is 13.8 Å². The van der Waals surface area contributed by atoms with Crippen molar-refractivity contribution in [3.8, 4) is 0 Å². The van der Waals surface area contributed by atoms with Crippen molar-refractivity contribution in [3.63, 3.8) is 0 Å². The molecule has 1 fully saturated rings. The molecule has 18 heavy (non-hydrogen) atoms.